The second-order valence-electron chi connectivity index (χ2n) is 6.19. The zero-order chi connectivity index (χ0) is 13.9. The Hall–Kier alpha value is -0.570. The molecule has 1 aliphatic carbocycles. The average molecular weight is 268 g/mol. The van der Waals surface area contributed by atoms with Crippen LogP contribution < -0.4 is 11.1 Å². The number of primary amides is 1. The summed E-state index contributed by atoms with van der Waals surface area (Å²) in [7, 11) is 0. The Balaban J connectivity index is 2.31. The van der Waals surface area contributed by atoms with Crippen LogP contribution in [0.2, 0.25) is 0 Å². The molecule has 1 amide bonds. The minimum absolute atomic E-state index is 0.201. The van der Waals surface area contributed by atoms with Crippen LogP contribution in [0.1, 0.15) is 84.0 Å². The standard InChI is InChI=1S/C16H32N2O/c1-14(13-16(17)19)18-15-11-9-7-5-3-2-4-6-8-10-12-15/h14-15,18H,2-13H2,1H3,(H2,17,19). The summed E-state index contributed by atoms with van der Waals surface area (Å²) in [6.07, 6.45) is 15.4. The smallest absolute Gasteiger partial charge is 0.218 e. The number of rotatable bonds is 4. The van der Waals surface area contributed by atoms with Crippen LogP contribution in [0, 0.1) is 0 Å². The molecular weight excluding hydrogens is 236 g/mol. The Labute approximate surface area is 118 Å². The molecule has 112 valence electrons. The summed E-state index contributed by atoms with van der Waals surface area (Å²) in [5.41, 5.74) is 5.26. The van der Waals surface area contributed by atoms with Gasteiger partial charge in [0.1, 0.15) is 0 Å². The lowest BCUT2D eigenvalue weighted by molar-refractivity contribution is -0.118. The molecule has 3 heteroatoms. The van der Waals surface area contributed by atoms with E-state index in [1.165, 1.54) is 70.6 Å². The van der Waals surface area contributed by atoms with Gasteiger partial charge in [-0.1, -0.05) is 57.8 Å². The lowest BCUT2D eigenvalue weighted by atomic mass is 9.97. The Bertz CT molecular complexity index is 231. The van der Waals surface area contributed by atoms with Crippen LogP contribution in [0.5, 0.6) is 0 Å². The molecule has 0 aromatic carbocycles. The summed E-state index contributed by atoms with van der Waals surface area (Å²) in [6.45, 7) is 2.07. The molecule has 0 radical (unpaired) electrons. The highest BCUT2D eigenvalue weighted by Crippen LogP contribution is 2.17. The van der Waals surface area contributed by atoms with E-state index in [0.29, 0.717) is 12.5 Å². The predicted octanol–water partition coefficient (Wildman–Crippen LogP) is 3.51. The van der Waals surface area contributed by atoms with Gasteiger partial charge in [-0.2, -0.15) is 0 Å². The van der Waals surface area contributed by atoms with Crippen LogP contribution in [-0.2, 0) is 4.79 Å². The van der Waals surface area contributed by atoms with Crippen LogP contribution in [0.25, 0.3) is 0 Å². The van der Waals surface area contributed by atoms with Crippen molar-refractivity contribution >= 4 is 5.91 Å². The minimum Gasteiger partial charge on any atom is -0.370 e. The van der Waals surface area contributed by atoms with Gasteiger partial charge in [-0.3, -0.25) is 4.79 Å². The highest BCUT2D eigenvalue weighted by molar-refractivity contribution is 5.74. The van der Waals surface area contributed by atoms with Gasteiger partial charge in [0.05, 0.1) is 0 Å². The molecule has 0 heterocycles. The highest BCUT2D eigenvalue weighted by Gasteiger charge is 2.13. The number of amides is 1. The maximum atomic E-state index is 10.9. The van der Waals surface area contributed by atoms with Crippen LogP contribution in [0.15, 0.2) is 0 Å². The Kier molecular flexibility index (Phi) is 8.89. The van der Waals surface area contributed by atoms with Crippen LogP contribution in [0.3, 0.4) is 0 Å². The fraction of sp³-hybridized carbons (Fsp3) is 0.938. The molecule has 19 heavy (non-hydrogen) atoms. The fourth-order valence-corrected chi connectivity index (χ4v) is 3.09. The lowest BCUT2D eigenvalue weighted by Crippen LogP contribution is -2.39. The van der Waals surface area contributed by atoms with Gasteiger partial charge in [0.2, 0.25) is 5.91 Å². The fourth-order valence-electron chi connectivity index (χ4n) is 3.09. The predicted molar refractivity (Wildman–Crippen MR) is 81.0 cm³/mol. The molecule has 0 bridgehead atoms. The van der Waals surface area contributed by atoms with E-state index in [0.717, 1.165) is 0 Å². The van der Waals surface area contributed by atoms with Crippen molar-refractivity contribution in [1.82, 2.24) is 5.32 Å². The molecule has 1 atom stereocenters. The van der Waals surface area contributed by atoms with Gasteiger partial charge >= 0.3 is 0 Å². The van der Waals surface area contributed by atoms with Crippen LogP contribution in [-0.4, -0.2) is 18.0 Å². The van der Waals surface area contributed by atoms with Gasteiger partial charge in [-0.25, -0.2) is 0 Å². The summed E-state index contributed by atoms with van der Waals surface area (Å²) in [5, 5.41) is 3.60. The molecule has 1 aliphatic rings. The molecule has 0 aromatic rings. The van der Waals surface area contributed by atoms with E-state index >= 15 is 0 Å². The third-order valence-corrected chi connectivity index (χ3v) is 4.13. The molecule has 1 unspecified atom stereocenters. The van der Waals surface area contributed by atoms with Crippen molar-refractivity contribution in [3.63, 3.8) is 0 Å². The van der Waals surface area contributed by atoms with Gasteiger partial charge in [-0.15, -0.1) is 0 Å². The number of nitrogens with one attached hydrogen (secondary N) is 1. The molecular formula is C16H32N2O. The number of nitrogens with two attached hydrogens (primary N) is 1. The maximum absolute atomic E-state index is 10.9. The summed E-state index contributed by atoms with van der Waals surface area (Å²) in [4.78, 5) is 10.9. The number of carbonyl (C=O) groups excluding carboxylic acids is 1. The lowest BCUT2D eigenvalue weighted by Gasteiger charge is -2.23. The van der Waals surface area contributed by atoms with Crippen molar-refractivity contribution < 1.29 is 4.79 Å². The highest BCUT2D eigenvalue weighted by atomic mass is 16.1. The van der Waals surface area contributed by atoms with Gasteiger partial charge in [-0.05, 0) is 19.8 Å². The second-order valence-corrected chi connectivity index (χ2v) is 6.19. The van der Waals surface area contributed by atoms with E-state index in [9.17, 15) is 4.79 Å². The minimum atomic E-state index is -0.201. The Morgan fingerprint density at radius 3 is 1.84 bits per heavy atom. The largest absolute Gasteiger partial charge is 0.370 e. The van der Waals surface area contributed by atoms with E-state index in [4.69, 9.17) is 5.73 Å². The van der Waals surface area contributed by atoms with E-state index in [1.807, 2.05) is 0 Å². The molecule has 0 aromatic heterocycles. The summed E-state index contributed by atoms with van der Waals surface area (Å²) in [6, 6.07) is 0.796. The van der Waals surface area contributed by atoms with E-state index in [2.05, 4.69) is 12.2 Å². The first-order valence-corrected chi connectivity index (χ1v) is 8.23. The number of hydrogen-bond acceptors (Lipinski definition) is 2. The van der Waals surface area contributed by atoms with E-state index < -0.39 is 0 Å². The first-order valence-electron chi connectivity index (χ1n) is 8.23. The first-order chi connectivity index (χ1) is 9.18. The van der Waals surface area contributed by atoms with Crippen molar-refractivity contribution in [1.29, 1.82) is 0 Å². The van der Waals surface area contributed by atoms with E-state index in [1.54, 1.807) is 0 Å². The Morgan fingerprint density at radius 1 is 1.00 bits per heavy atom. The zero-order valence-corrected chi connectivity index (χ0v) is 12.6. The van der Waals surface area contributed by atoms with Crippen molar-refractivity contribution in [3.05, 3.63) is 0 Å². The number of carbonyl (C=O) groups is 1. The summed E-state index contributed by atoms with van der Waals surface area (Å²) < 4.78 is 0. The first kappa shape index (κ1) is 16.5. The summed E-state index contributed by atoms with van der Waals surface area (Å²) in [5.74, 6) is -0.201. The molecule has 0 saturated heterocycles. The topological polar surface area (TPSA) is 55.1 Å². The van der Waals surface area contributed by atoms with Gasteiger partial charge in [0.15, 0.2) is 0 Å². The molecule has 3 N–H and O–H groups in total. The third kappa shape index (κ3) is 9.04. The molecule has 1 saturated carbocycles. The second kappa shape index (κ2) is 10.2. The van der Waals surface area contributed by atoms with Crippen molar-refractivity contribution in [2.45, 2.75) is 96.1 Å². The van der Waals surface area contributed by atoms with E-state index in [-0.39, 0.29) is 11.9 Å². The molecule has 1 fully saturated rings. The Morgan fingerprint density at radius 2 is 1.42 bits per heavy atom. The van der Waals surface area contributed by atoms with Gasteiger partial charge in [0.25, 0.3) is 0 Å². The molecule has 0 aliphatic heterocycles. The number of hydrogen-bond donors (Lipinski definition) is 2. The van der Waals surface area contributed by atoms with Crippen LogP contribution in [0.4, 0.5) is 0 Å². The average Bonchev–Trinajstić information content (AvgIpc) is 2.31. The molecule has 1 rings (SSSR count). The molecule has 0 spiro atoms. The monoisotopic (exact) mass is 268 g/mol. The van der Waals surface area contributed by atoms with Crippen LogP contribution >= 0.6 is 0 Å². The third-order valence-electron chi connectivity index (χ3n) is 4.13. The SMILES string of the molecule is CC(CC(N)=O)NC1CCCCCCCCCCC1. The summed E-state index contributed by atoms with van der Waals surface area (Å²) >= 11 is 0. The normalized spacial score (nSPS) is 22.2. The van der Waals surface area contributed by atoms with Crippen molar-refractivity contribution in [2.75, 3.05) is 0 Å². The van der Waals surface area contributed by atoms with Gasteiger partial charge in [0, 0.05) is 18.5 Å². The van der Waals surface area contributed by atoms with Crippen molar-refractivity contribution in [3.8, 4) is 0 Å². The van der Waals surface area contributed by atoms with Crippen molar-refractivity contribution in [2.24, 2.45) is 5.73 Å². The van der Waals surface area contributed by atoms with Gasteiger partial charge < -0.3 is 11.1 Å². The zero-order valence-electron chi connectivity index (χ0n) is 12.6. The quantitative estimate of drug-likeness (QED) is 0.819. The maximum Gasteiger partial charge on any atom is 0.218 e. The molecule has 3 nitrogen and oxygen atoms in total.